The van der Waals surface area contributed by atoms with Gasteiger partial charge in [0, 0.05) is 24.2 Å². The first-order valence-corrected chi connectivity index (χ1v) is 11.1. The number of hydrogen-bond acceptors (Lipinski definition) is 5. The Morgan fingerprint density at radius 3 is 2.63 bits per heavy atom. The van der Waals surface area contributed by atoms with Crippen molar-refractivity contribution in [1.82, 2.24) is 0 Å². The number of carbonyl (C=O) groups is 3. The van der Waals surface area contributed by atoms with Crippen LogP contribution < -0.4 is 0 Å². The van der Waals surface area contributed by atoms with Crippen LogP contribution in [0.2, 0.25) is 0 Å². The van der Waals surface area contributed by atoms with Crippen LogP contribution in [0.4, 0.5) is 0 Å². The maximum absolute atomic E-state index is 12.4. The molecule has 3 saturated carbocycles. The van der Waals surface area contributed by atoms with E-state index in [9.17, 15) is 29.7 Å². The van der Waals surface area contributed by atoms with Crippen molar-refractivity contribution in [1.29, 1.82) is 0 Å². The third kappa shape index (κ3) is 2.42. The molecule has 4 fully saturated rings. The van der Waals surface area contributed by atoms with Crippen LogP contribution in [0.15, 0.2) is 11.6 Å². The fraction of sp³-hybridized carbons (Fsp3) is 0.783. The molecule has 7 nitrogen and oxygen atoms in total. The molecule has 0 radical (unpaired) electrons. The Morgan fingerprint density at radius 1 is 1.23 bits per heavy atom. The third-order valence-corrected chi connectivity index (χ3v) is 9.66. The van der Waals surface area contributed by atoms with E-state index < -0.39 is 28.9 Å². The lowest BCUT2D eigenvalue weighted by atomic mass is 9.44. The Kier molecular flexibility index (Phi) is 4.15. The van der Waals surface area contributed by atoms with Crippen molar-refractivity contribution in [2.45, 2.75) is 76.6 Å². The van der Waals surface area contributed by atoms with Gasteiger partial charge in [0.25, 0.3) is 0 Å². The summed E-state index contributed by atoms with van der Waals surface area (Å²) in [4.78, 5) is 35.7. The van der Waals surface area contributed by atoms with Crippen molar-refractivity contribution >= 4 is 17.7 Å². The van der Waals surface area contributed by atoms with Gasteiger partial charge in [0.1, 0.15) is 0 Å². The van der Waals surface area contributed by atoms with Crippen LogP contribution >= 0.6 is 0 Å². The van der Waals surface area contributed by atoms with Gasteiger partial charge in [-0.25, -0.2) is 0 Å². The molecule has 30 heavy (non-hydrogen) atoms. The Hall–Kier alpha value is -1.73. The summed E-state index contributed by atoms with van der Waals surface area (Å²) in [6, 6.07) is 0. The number of fused-ring (bicyclic) bond motifs is 8. The minimum Gasteiger partial charge on any atom is -0.481 e. The molecule has 164 valence electrons. The van der Waals surface area contributed by atoms with Crippen molar-refractivity contribution < 1.29 is 34.4 Å². The van der Waals surface area contributed by atoms with Gasteiger partial charge in [0.15, 0.2) is 5.78 Å². The average molecular weight is 418 g/mol. The summed E-state index contributed by atoms with van der Waals surface area (Å²) >= 11 is 0. The van der Waals surface area contributed by atoms with Crippen LogP contribution in [0, 0.1) is 34.5 Å². The van der Waals surface area contributed by atoms with E-state index in [1.165, 1.54) is 0 Å². The highest BCUT2D eigenvalue weighted by molar-refractivity contribution is 5.92. The monoisotopic (exact) mass is 418 g/mol. The molecular formula is C23H30O7. The van der Waals surface area contributed by atoms with Crippen molar-refractivity contribution in [3.05, 3.63) is 11.6 Å². The number of epoxide rings is 1. The first-order valence-electron chi connectivity index (χ1n) is 11.1. The van der Waals surface area contributed by atoms with Crippen molar-refractivity contribution in [2.24, 2.45) is 34.5 Å². The van der Waals surface area contributed by atoms with Gasteiger partial charge >= 0.3 is 11.9 Å². The van der Waals surface area contributed by atoms with Crippen LogP contribution in [0.3, 0.4) is 0 Å². The van der Waals surface area contributed by atoms with Crippen LogP contribution in [0.25, 0.3) is 0 Å². The van der Waals surface area contributed by atoms with Crippen LogP contribution in [-0.4, -0.2) is 50.9 Å². The summed E-state index contributed by atoms with van der Waals surface area (Å²) in [7, 11) is 0. The lowest BCUT2D eigenvalue weighted by molar-refractivity contribution is -0.160. The van der Waals surface area contributed by atoms with Crippen LogP contribution in [0.1, 0.15) is 58.8 Å². The van der Waals surface area contributed by atoms with E-state index in [-0.39, 0.29) is 54.0 Å². The van der Waals surface area contributed by atoms with Gasteiger partial charge in [-0.2, -0.15) is 0 Å². The average Bonchev–Trinajstić information content (AvgIpc) is 3.42. The standard InChI is InChI=1S/C23H30O7/c1-21-6-3-12(24)9-11(21)10-13(20(27)28)16-14-4-7-23(29,8-5-15(25)26)22(14,2)19-18(30-19)17(16)21/h9,13-14,16-19,29H,3-8,10H2,1-2H3,(H,25,26)(H,27,28)/t13-,14+,16+,17-,18+,19+,21+,22-,23-/m1/s1. The SMILES string of the molecule is C[C@]12[C@@H](CC[C@@]1(O)CCC(=O)O)[C@H]1[C@H]([C@@H]3O[C@@H]32)[C@@]2(C)CCC(=O)C=C2C[C@H]1C(=O)O. The summed E-state index contributed by atoms with van der Waals surface area (Å²) in [5, 5.41) is 30.9. The maximum Gasteiger partial charge on any atom is 0.307 e. The number of carboxylic acids is 2. The molecule has 1 heterocycles. The highest BCUT2D eigenvalue weighted by atomic mass is 16.6. The molecule has 1 saturated heterocycles. The van der Waals surface area contributed by atoms with Gasteiger partial charge in [0.2, 0.25) is 0 Å². The Balaban J connectivity index is 1.58. The van der Waals surface area contributed by atoms with E-state index >= 15 is 0 Å². The molecule has 0 bridgehead atoms. The largest absolute Gasteiger partial charge is 0.481 e. The van der Waals surface area contributed by atoms with E-state index in [0.29, 0.717) is 32.1 Å². The zero-order valence-corrected chi connectivity index (χ0v) is 17.5. The second kappa shape index (κ2) is 6.16. The number of carbonyl (C=O) groups excluding carboxylic acids is 1. The lowest BCUT2D eigenvalue weighted by Gasteiger charge is -2.58. The molecule has 1 aliphatic heterocycles. The first kappa shape index (κ1) is 20.2. The van der Waals surface area contributed by atoms with E-state index in [0.717, 1.165) is 5.57 Å². The maximum atomic E-state index is 12.4. The molecule has 0 amide bonds. The summed E-state index contributed by atoms with van der Waals surface area (Å²) in [6.07, 6.45) is 4.11. The zero-order valence-electron chi connectivity index (χ0n) is 17.5. The molecule has 4 aliphatic carbocycles. The van der Waals surface area contributed by atoms with Gasteiger partial charge in [-0.1, -0.05) is 19.4 Å². The quantitative estimate of drug-likeness (QED) is 0.599. The summed E-state index contributed by atoms with van der Waals surface area (Å²) in [5.41, 5.74) is -1.12. The number of allylic oxidation sites excluding steroid dienone is 1. The molecule has 0 spiro atoms. The van der Waals surface area contributed by atoms with Crippen molar-refractivity contribution in [3.8, 4) is 0 Å². The molecule has 0 aromatic carbocycles. The number of rotatable bonds is 4. The van der Waals surface area contributed by atoms with Crippen LogP contribution in [0.5, 0.6) is 0 Å². The summed E-state index contributed by atoms with van der Waals surface area (Å²) in [5.74, 6) is -2.51. The fourth-order valence-corrected chi connectivity index (χ4v) is 8.02. The first-order chi connectivity index (χ1) is 14.0. The van der Waals surface area contributed by atoms with Gasteiger partial charge in [-0.3, -0.25) is 14.4 Å². The van der Waals surface area contributed by atoms with E-state index in [2.05, 4.69) is 6.92 Å². The van der Waals surface area contributed by atoms with Crippen molar-refractivity contribution in [2.75, 3.05) is 0 Å². The topological polar surface area (TPSA) is 124 Å². The Bertz CT molecular complexity index is 864. The predicted octanol–water partition coefficient (Wildman–Crippen LogP) is 2.41. The number of ether oxygens (including phenoxy) is 1. The van der Waals surface area contributed by atoms with E-state index in [1.54, 1.807) is 6.08 Å². The normalized spacial score (nSPS) is 51.2. The number of carboxylic acid groups (broad SMARTS) is 2. The third-order valence-electron chi connectivity index (χ3n) is 9.66. The number of aliphatic hydroxyl groups is 1. The number of aliphatic carboxylic acids is 2. The lowest BCUT2D eigenvalue weighted by Crippen LogP contribution is -2.61. The molecule has 0 aromatic heterocycles. The predicted molar refractivity (Wildman–Crippen MR) is 104 cm³/mol. The van der Waals surface area contributed by atoms with E-state index in [4.69, 9.17) is 4.74 Å². The van der Waals surface area contributed by atoms with Gasteiger partial charge in [-0.15, -0.1) is 0 Å². The molecule has 9 atom stereocenters. The second-order valence-corrected chi connectivity index (χ2v) is 10.7. The Morgan fingerprint density at radius 2 is 1.97 bits per heavy atom. The molecule has 3 N–H and O–H groups in total. The smallest absolute Gasteiger partial charge is 0.307 e. The molecule has 7 heteroatoms. The highest BCUT2D eigenvalue weighted by Crippen LogP contribution is 2.73. The summed E-state index contributed by atoms with van der Waals surface area (Å²) < 4.78 is 6.22. The minimum absolute atomic E-state index is 0.0107. The fourth-order valence-electron chi connectivity index (χ4n) is 8.02. The van der Waals surface area contributed by atoms with Gasteiger partial charge in [0.05, 0.1) is 23.7 Å². The number of ketones is 1. The van der Waals surface area contributed by atoms with Crippen molar-refractivity contribution in [3.63, 3.8) is 0 Å². The van der Waals surface area contributed by atoms with Crippen LogP contribution in [-0.2, 0) is 19.1 Å². The van der Waals surface area contributed by atoms with E-state index in [1.807, 2.05) is 6.92 Å². The molecular weight excluding hydrogens is 388 g/mol. The van der Waals surface area contributed by atoms with Gasteiger partial charge < -0.3 is 20.1 Å². The molecule has 5 aliphatic rings. The Labute approximate surface area is 175 Å². The number of hydrogen-bond donors (Lipinski definition) is 3. The zero-order chi connectivity index (χ0) is 21.6. The summed E-state index contributed by atoms with van der Waals surface area (Å²) in [6.45, 7) is 4.15. The van der Waals surface area contributed by atoms with Gasteiger partial charge in [-0.05, 0) is 55.4 Å². The highest BCUT2D eigenvalue weighted by Gasteiger charge is 2.77. The molecule has 5 rings (SSSR count). The second-order valence-electron chi connectivity index (χ2n) is 10.7. The molecule has 0 unspecified atom stereocenters. The molecule has 0 aromatic rings. The minimum atomic E-state index is -1.16.